The lowest BCUT2D eigenvalue weighted by molar-refractivity contribution is 0.0364. The summed E-state index contributed by atoms with van der Waals surface area (Å²) in [6.07, 6.45) is 3.23. The lowest BCUT2D eigenvalue weighted by atomic mass is 10.1. The summed E-state index contributed by atoms with van der Waals surface area (Å²) in [5, 5.41) is 19.0. The summed E-state index contributed by atoms with van der Waals surface area (Å²) >= 11 is 6.71. The van der Waals surface area contributed by atoms with Crippen molar-refractivity contribution in [2.75, 3.05) is 62.7 Å². The number of aromatic nitrogens is 8. The molecule has 2 aliphatic rings. The molecule has 47 heavy (non-hydrogen) atoms. The summed E-state index contributed by atoms with van der Waals surface area (Å²) < 4.78 is 23.9. The number of aryl methyl sites for hydroxylation is 1. The van der Waals surface area contributed by atoms with Gasteiger partial charge in [-0.1, -0.05) is 11.6 Å². The highest BCUT2D eigenvalue weighted by Gasteiger charge is 2.21. The summed E-state index contributed by atoms with van der Waals surface area (Å²) in [6, 6.07) is 8.69. The van der Waals surface area contributed by atoms with E-state index in [1.807, 2.05) is 11.0 Å². The Balaban J connectivity index is 1.23. The minimum atomic E-state index is -0.331. The fourth-order valence-corrected chi connectivity index (χ4v) is 6.28. The number of hydrogen-bond acceptors (Lipinski definition) is 12. The minimum Gasteiger partial charge on any atom is -0.379 e. The first kappa shape index (κ1) is 31.1. The number of nitrogens with one attached hydrogen (secondary N) is 2. The zero-order valence-electron chi connectivity index (χ0n) is 26.0. The van der Waals surface area contributed by atoms with E-state index in [2.05, 4.69) is 48.0 Å². The minimum absolute atomic E-state index is 0.241. The molecule has 6 heterocycles. The van der Waals surface area contributed by atoms with Crippen molar-refractivity contribution in [1.82, 2.24) is 49.9 Å². The fraction of sp³-hybridized carbons (Fsp3) is 0.387. The molecule has 7 rings (SSSR count). The normalized spacial score (nSPS) is 17.4. The van der Waals surface area contributed by atoms with Crippen molar-refractivity contribution in [3.63, 3.8) is 0 Å². The van der Waals surface area contributed by atoms with Gasteiger partial charge in [0.1, 0.15) is 11.5 Å². The van der Waals surface area contributed by atoms with Crippen LogP contribution >= 0.6 is 11.6 Å². The van der Waals surface area contributed by atoms with Crippen LogP contribution in [-0.4, -0.2) is 103 Å². The van der Waals surface area contributed by atoms with E-state index in [-0.39, 0.29) is 28.4 Å². The number of hydrogen-bond donors (Lipinski definition) is 2. The van der Waals surface area contributed by atoms with Crippen LogP contribution in [0.5, 0.6) is 0 Å². The van der Waals surface area contributed by atoms with Crippen molar-refractivity contribution in [2.45, 2.75) is 19.5 Å². The zero-order chi connectivity index (χ0) is 32.5. The standard InChI is InChI=1S/C31H34ClFN12O2/c1-19-18-44(6-5-34-19)26-4-3-22(15-25(26)33)37-31-36-17-20-13-23(27-24(32)14-21(16-35-27)29-39-40-41-42(29)2)30(46)45(28(20)38-31)8-7-43-9-11-47-12-10-43/h3-4,13-17,19,34H,5-12,18H2,1-2H3,(H,36,37,38). The van der Waals surface area contributed by atoms with E-state index in [4.69, 9.17) is 21.3 Å². The fourth-order valence-electron chi connectivity index (χ4n) is 6.02. The Hall–Kier alpha value is -4.57. The molecule has 0 amide bonds. The number of morpholine rings is 1. The molecule has 14 nitrogen and oxygen atoms in total. The van der Waals surface area contributed by atoms with Gasteiger partial charge in [0.15, 0.2) is 5.82 Å². The van der Waals surface area contributed by atoms with Gasteiger partial charge in [-0.05, 0) is 47.7 Å². The molecule has 0 bridgehead atoms. The maximum atomic E-state index is 15.2. The first-order chi connectivity index (χ1) is 22.8. The summed E-state index contributed by atoms with van der Waals surface area (Å²) in [4.78, 5) is 32.2. The van der Waals surface area contributed by atoms with Crippen LogP contribution in [0.1, 0.15) is 6.92 Å². The largest absolute Gasteiger partial charge is 0.379 e. The number of ether oxygens (including phenoxy) is 1. The van der Waals surface area contributed by atoms with Crippen LogP contribution in [-0.2, 0) is 18.3 Å². The van der Waals surface area contributed by atoms with E-state index in [1.54, 1.807) is 42.2 Å². The third-order valence-electron chi connectivity index (χ3n) is 8.46. The number of pyridine rings is 2. The molecule has 0 radical (unpaired) electrons. The van der Waals surface area contributed by atoms with E-state index in [1.165, 1.54) is 10.7 Å². The van der Waals surface area contributed by atoms with Crippen LogP contribution in [0.4, 0.5) is 21.7 Å². The highest BCUT2D eigenvalue weighted by atomic mass is 35.5. The molecule has 0 aliphatic carbocycles. The predicted molar refractivity (Wildman–Crippen MR) is 176 cm³/mol. The van der Waals surface area contributed by atoms with Crippen LogP contribution in [0.25, 0.3) is 33.7 Å². The molecule has 2 fully saturated rings. The van der Waals surface area contributed by atoms with Gasteiger partial charge in [-0.2, -0.15) is 4.98 Å². The second-order valence-electron chi connectivity index (χ2n) is 11.7. The van der Waals surface area contributed by atoms with Gasteiger partial charge in [0.2, 0.25) is 5.95 Å². The zero-order valence-corrected chi connectivity index (χ0v) is 26.8. The first-order valence-electron chi connectivity index (χ1n) is 15.5. The topological polar surface area (TPSA) is 144 Å². The Labute approximate surface area is 274 Å². The highest BCUT2D eigenvalue weighted by molar-refractivity contribution is 6.33. The molecular formula is C31H34ClFN12O2. The van der Waals surface area contributed by atoms with E-state index < -0.39 is 0 Å². The van der Waals surface area contributed by atoms with Crippen molar-refractivity contribution in [2.24, 2.45) is 7.05 Å². The first-order valence-corrected chi connectivity index (χ1v) is 15.9. The molecule has 5 aromatic rings. The maximum Gasteiger partial charge on any atom is 0.261 e. The molecule has 0 saturated carbocycles. The van der Waals surface area contributed by atoms with E-state index in [0.717, 1.165) is 32.7 Å². The molecule has 244 valence electrons. The van der Waals surface area contributed by atoms with Crippen molar-refractivity contribution < 1.29 is 9.13 Å². The van der Waals surface area contributed by atoms with Crippen molar-refractivity contribution >= 4 is 40.0 Å². The summed E-state index contributed by atoms with van der Waals surface area (Å²) in [5.41, 5.74) is 2.47. The lowest BCUT2D eigenvalue weighted by Gasteiger charge is -2.33. The van der Waals surface area contributed by atoms with Crippen LogP contribution in [0.3, 0.4) is 0 Å². The molecule has 0 spiro atoms. The number of benzene rings is 1. The average molecular weight is 661 g/mol. The number of anilines is 3. The van der Waals surface area contributed by atoms with E-state index in [0.29, 0.717) is 71.4 Å². The summed E-state index contributed by atoms with van der Waals surface area (Å²) in [6.45, 7) is 8.15. The highest BCUT2D eigenvalue weighted by Crippen LogP contribution is 2.30. The number of piperazine rings is 1. The summed E-state index contributed by atoms with van der Waals surface area (Å²) in [5.74, 6) is 0.405. The molecule has 16 heteroatoms. The molecule has 1 atom stereocenters. The third-order valence-corrected chi connectivity index (χ3v) is 8.75. The number of rotatable bonds is 8. The van der Waals surface area contributed by atoms with Crippen molar-refractivity contribution in [3.8, 4) is 22.6 Å². The molecule has 1 unspecified atom stereocenters. The Morgan fingerprint density at radius 2 is 1.96 bits per heavy atom. The Morgan fingerprint density at radius 3 is 2.70 bits per heavy atom. The molecule has 1 aromatic carbocycles. The van der Waals surface area contributed by atoms with Crippen LogP contribution < -0.4 is 21.1 Å². The SMILES string of the molecule is CC1CN(c2ccc(Nc3ncc4cc(-c5ncc(-c6nnnn6C)cc5Cl)c(=O)n(CCN5CCOCC5)c4n3)cc2F)CCN1. The average Bonchev–Trinajstić information content (AvgIpc) is 3.50. The number of halogens is 2. The van der Waals surface area contributed by atoms with Gasteiger partial charge < -0.3 is 20.3 Å². The van der Waals surface area contributed by atoms with Gasteiger partial charge in [-0.3, -0.25) is 19.2 Å². The number of nitrogens with zero attached hydrogens (tertiary/aromatic N) is 10. The van der Waals surface area contributed by atoms with Gasteiger partial charge in [-0.15, -0.1) is 5.10 Å². The third kappa shape index (κ3) is 6.52. The van der Waals surface area contributed by atoms with Crippen LogP contribution in [0.2, 0.25) is 5.02 Å². The van der Waals surface area contributed by atoms with Crippen LogP contribution in [0.15, 0.2) is 47.5 Å². The van der Waals surface area contributed by atoms with Gasteiger partial charge in [0, 0.05) is 87.9 Å². The Bertz CT molecular complexity index is 1980. The van der Waals surface area contributed by atoms with E-state index in [9.17, 15) is 4.79 Å². The monoisotopic (exact) mass is 660 g/mol. The number of fused-ring (bicyclic) bond motifs is 1. The molecule has 4 aromatic heterocycles. The predicted octanol–water partition coefficient (Wildman–Crippen LogP) is 2.71. The van der Waals surface area contributed by atoms with Gasteiger partial charge >= 0.3 is 0 Å². The summed E-state index contributed by atoms with van der Waals surface area (Å²) in [7, 11) is 1.72. The van der Waals surface area contributed by atoms with Gasteiger partial charge in [0.05, 0.1) is 35.2 Å². The quantitative estimate of drug-likeness (QED) is 0.253. The molecule has 2 N–H and O–H groups in total. The second kappa shape index (κ2) is 13.3. The van der Waals surface area contributed by atoms with Crippen LogP contribution in [0, 0.1) is 5.82 Å². The van der Waals surface area contributed by atoms with Gasteiger partial charge in [-0.25, -0.2) is 14.1 Å². The number of tetrazole rings is 1. The lowest BCUT2D eigenvalue weighted by Crippen LogP contribution is -2.49. The van der Waals surface area contributed by atoms with Crippen molar-refractivity contribution in [1.29, 1.82) is 0 Å². The van der Waals surface area contributed by atoms with Crippen molar-refractivity contribution in [3.05, 3.63) is 63.9 Å². The maximum absolute atomic E-state index is 15.2. The molecule has 2 aliphatic heterocycles. The second-order valence-corrected chi connectivity index (χ2v) is 12.1. The smallest absolute Gasteiger partial charge is 0.261 e. The van der Waals surface area contributed by atoms with Gasteiger partial charge in [0.25, 0.3) is 5.56 Å². The molecular weight excluding hydrogens is 627 g/mol. The molecule has 2 saturated heterocycles. The van der Waals surface area contributed by atoms with E-state index >= 15 is 4.39 Å². The Kier molecular flexibility index (Phi) is 8.77. The Morgan fingerprint density at radius 1 is 1.11 bits per heavy atom.